The lowest BCUT2D eigenvalue weighted by Gasteiger charge is -2.21. The molecule has 1 saturated carbocycles. The van der Waals surface area contributed by atoms with Crippen LogP contribution in [0, 0.1) is 5.92 Å². The van der Waals surface area contributed by atoms with Crippen LogP contribution in [0.3, 0.4) is 0 Å². The second-order valence-electron chi connectivity index (χ2n) is 4.86. The van der Waals surface area contributed by atoms with Gasteiger partial charge in [0.05, 0.1) is 5.38 Å². The molecule has 2 rings (SSSR count). The van der Waals surface area contributed by atoms with Gasteiger partial charge in [-0.05, 0) is 19.3 Å². The lowest BCUT2D eigenvalue weighted by atomic mass is 9.99. The molecular formula is C12H20ClNO. The molecular weight excluding hydrogens is 210 g/mol. The minimum Gasteiger partial charge on any atom is -0.341 e. The SMILES string of the molecule is O=C(C1CCCCCC1)N1CCC(Cl)C1. The van der Waals surface area contributed by atoms with E-state index in [1.807, 2.05) is 4.90 Å². The Morgan fingerprint density at radius 1 is 1.07 bits per heavy atom. The van der Waals surface area contributed by atoms with E-state index >= 15 is 0 Å². The first-order valence-corrected chi connectivity index (χ1v) is 6.64. The van der Waals surface area contributed by atoms with Crippen molar-refractivity contribution < 1.29 is 4.79 Å². The third kappa shape index (κ3) is 2.87. The molecule has 15 heavy (non-hydrogen) atoms. The molecule has 0 aromatic heterocycles. The zero-order chi connectivity index (χ0) is 10.7. The highest BCUT2D eigenvalue weighted by molar-refractivity contribution is 6.21. The first kappa shape index (κ1) is 11.3. The molecule has 2 fully saturated rings. The number of halogens is 1. The molecule has 1 heterocycles. The molecule has 1 aliphatic carbocycles. The first-order chi connectivity index (χ1) is 7.27. The summed E-state index contributed by atoms with van der Waals surface area (Å²) in [6.45, 7) is 1.65. The smallest absolute Gasteiger partial charge is 0.225 e. The molecule has 1 saturated heterocycles. The predicted octanol–water partition coefficient (Wildman–Crippen LogP) is 2.80. The van der Waals surface area contributed by atoms with E-state index in [4.69, 9.17) is 11.6 Å². The van der Waals surface area contributed by atoms with E-state index in [0.717, 1.165) is 32.4 Å². The lowest BCUT2D eigenvalue weighted by Crippen LogP contribution is -2.34. The van der Waals surface area contributed by atoms with Gasteiger partial charge >= 0.3 is 0 Å². The third-order valence-corrected chi connectivity index (χ3v) is 4.00. The summed E-state index contributed by atoms with van der Waals surface area (Å²) in [7, 11) is 0. The zero-order valence-corrected chi connectivity index (χ0v) is 10.0. The van der Waals surface area contributed by atoms with Crippen LogP contribution < -0.4 is 0 Å². The van der Waals surface area contributed by atoms with Gasteiger partial charge in [0.25, 0.3) is 0 Å². The topological polar surface area (TPSA) is 20.3 Å². The quantitative estimate of drug-likeness (QED) is 0.500. The van der Waals surface area contributed by atoms with Gasteiger partial charge < -0.3 is 4.90 Å². The van der Waals surface area contributed by atoms with Crippen molar-refractivity contribution in [2.24, 2.45) is 5.92 Å². The van der Waals surface area contributed by atoms with Crippen LogP contribution in [0.25, 0.3) is 0 Å². The van der Waals surface area contributed by atoms with Crippen LogP contribution >= 0.6 is 11.6 Å². The Bertz CT molecular complexity index is 224. The number of rotatable bonds is 1. The van der Waals surface area contributed by atoms with Crippen LogP contribution in [0.2, 0.25) is 0 Å². The standard InChI is InChI=1S/C12H20ClNO/c13-11-7-8-14(9-11)12(15)10-5-3-1-2-4-6-10/h10-11H,1-9H2. The average molecular weight is 230 g/mol. The molecule has 0 bridgehead atoms. The molecule has 2 aliphatic rings. The summed E-state index contributed by atoms with van der Waals surface area (Å²) in [6.07, 6.45) is 8.25. The van der Waals surface area contributed by atoms with E-state index in [9.17, 15) is 4.79 Å². The van der Waals surface area contributed by atoms with Crippen molar-refractivity contribution in [1.82, 2.24) is 4.90 Å². The Balaban J connectivity index is 1.88. The summed E-state index contributed by atoms with van der Waals surface area (Å²) in [4.78, 5) is 14.1. The maximum absolute atomic E-state index is 12.2. The number of hydrogen-bond donors (Lipinski definition) is 0. The first-order valence-electron chi connectivity index (χ1n) is 6.20. The van der Waals surface area contributed by atoms with Gasteiger partial charge in [-0.1, -0.05) is 25.7 Å². The van der Waals surface area contributed by atoms with Crippen molar-refractivity contribution in [2.45, 2.75) is 50.3 Å². The van der Waals surface area contributed by atoms with Gasteiger partial charge in [-0.25, -0.2) is 0 Å². The van der Waals surface area contributed by atoms with Crippen LogP contribution in [-0.2, 0) is 4.79 Å². The van der Waals surface area contributed by atoms with Crippen LogP contribution in [0.4, 0.5) is 0 Å². The van der Waals surface area contributed by atoms with E-state index < -0.39 is 0 Å². The summed E-state index contributed by atoms with van der Waals surface area (Å²) < 4.78 is 0. The number of carbonyl (C=O) groups excluding carboxylic acids is 1. The number of nitrogens with zero attached hydrogens (tertiary/aromatic N) is 1. The molecule has 0 N–H and O–H groups in total. The van der Waals surface area contributed by atoms with Crippen molar-refractivity contribution >= 4 is 17.5 Å². The minimum absolute atomic E-state index is 0.194. The molecule has 1 aliphatic heterocycles. The van der Waals surface area contributed by atoms with Gasteiger partial charge in [0.1, 0.15) is 0 Å². The van der Waals surface area contributed by atoms with Crippen molar-refractivity contribution in [3.63, 3.8) is 0 Å². The van der Waals surface area contributed by atoms with E-state index in [2.05, 4.69) is 0 Å². The fourth-order valence-electron chi connectivity index (χ4n) is 2.70. The van der Waals surface area contributed by atoms with Crippen molar-refractivity contribution in [3.05, 3.63) is 0 Å². The van der Waals surface area contributed by atoms with Gasteiger partial charge in [0, 0.05) is 19.0 Å². The molecule has 1 unspecified atom stereocenters. The van der Waals surface area contributed by atoms with Gasteiger partial charge in [-0.3, -0.25) is 4.79 Å². The van der Waals surface area contributed by atoms with E-state index in [-0.39, 0.29) is 5.38 Å². The van der Waals surface area contributed by atoms with E-state index in [1.165, 1.54) is 25.7 Å². The number of carbonyl (C=O) groups is 1. The Kier molecular flexibility index (Phi) is 3.90. The number of alkyl halides is 1. The van der Waals surface area contributed by atoms with Crippen LogP contribution in [-0.4, -0.2) is 29.3 Å². The predicted molar refractivity (Wildman–Crippen MR) is 62.0 cm³/mol. The van der Waals surface area contributed by atoms with Crippen molar-refractivity contribution in [1.29, 1.82) is 0 Å². The number of amides is 1. The zero-order valence-electron chi connectivity index (χ0n) is 9.25. The highest BCUT2D eigenvalue weighted by Gasteiger charge is 2.29. The van der Waals surface area contributed by atoms with Gasteiger partial charge in [0.2, 0.25) is 5.91 Å². The molecule has 86 valence electrons. The molecule has 0 aromatic rings. The highest BCUT2D eigenvalue weighted by atomic mass is 35.5. The summed E-state index contributed by atoms with van der Waals surface area (Å²) in [5, 5.41) is 0.194. The average Bonchev–Trinajstić information content (AvgIpc) is 2.53. The second-order valence-corrected chi connectivity index (χ2v) is 5.48. The van der Waals surface area contributed by atoms with Gasteiger partial charge in [-0.2, -0.15) is 0 Å². The summed E-state index contributed by atoms with van der Waals surface area (Å²) >= 11 is 6.03. The fraction of sp³-hybridized carbons (Fsp3) is 0.917. The van der Waals surface area contributed by atoms with Crippen LogP contribution in [0.5, 0.6) is 0 Å². The largest absolute Gasteiger partial charge is 0.341 e. The molecule has 1 atom stereocenters. The maximum Gasteiger partial charge on any atom is 0.225 e. The van der Waals surface area contributed by atoms with E-state index in [1.54, 1.807) is 0 Å². The van der Waals surface area contributed by atoms with E-state index in [0.29, 0.717) is 11.8 Å². The Hall–Kier alpha value is -0.240. The van der Waals surface area contributed by atoms with Crippen molar-refractivity contribution in [2.75, 3.05) is 13.1 Å². The Morgan fingerprint density at radius 3 is 2.27 bits per heavy atom. The van der Waals surface area contributed by atoms with Crippen LogP contribution in [0.1, 0.15) is 44.9 Å². The van der Waals surface area contributed by atoms with Gasteiger partial charge in [-0.15, -0.1) is 11.6 Å². The summed E-state index contributed by atoms with van der Waals surface area (Å²) in [6, 6.07) is 0. The summed E-state index contributed by atoms with van der Waals surface area (Å²) in [5.41, 5.74) is 0. The number of likely N-dealkylation sites (tertiary alicyclic amines) is 1. The van der Waals surface area contributed by atoms with Crippen LogP contribution in [0.15, 0.2) is 0 Å². The molecule has 2 nitrogen and oxygen atoms in total. The monoisotopic (exact) mass is 229 g/mol. The molecule has 0 radical (unpaired) electrons. The molecule has 1 amide bonds. The lowest BCUT2D eigenvalue weighted by molar-refractivity contribution is -0.134. The Labute approximate surface area is 97.0 Å². The minimum atomic E-state index is 0.194. The van der Waals surface area contributed by atoms with Gasteiger partial charge in [0.15, 0.2) is 0 Å². The maximum atomic E-state index is 12.2. The molecule has 3 heteroatoms. The molecule has 0 spiro atoms. The summed E-state index contributed by atoms with van der Waals surface area (Å²) in [5.74, 6) is 0.675. The fourth-order valence-corrected chi connectivity index (χ4v) is 2.97. The Morgan fingerprint density at radius 2 is 1.73 bits per heavy atom. The normalized spacial score (nSPS) is 29.1. The highest BCUT2D eigenvalue weighted by Crippen LogP contribution is 2.26. The number of hydrogen-bond acceptors (Lipinski definition) is 1. The second kappa shape index (κ2) is 5.20. The molecule has 0 aromatic carbocycles. The third-order valence-electron chi connectivity index (χ3n) is 3.65. The van der Waals surface area contributed by atoms with Crippen molar-refractivity contribution in [3.8, 4) is 0 Å².